The molecule has 3 aromatic rings. The van der Waals surface area contributed by atoms with E-state index >= 15 is 0 Å². The number of hydrogen-bond acceptors (Lipinski definition) is 7. The van der Waals surface area contributed by atoms with Crippen molar-refractivity contribution in [2.24, 2.45) is 0 Å². The van der Waals surface area contributed by atoms with E-state index in [9.17, 15) is 13.2 Å². The number of ether oxygens (including phenoxy) is 1. The van der Waals surface area contributed by atoms with Gasteiger partial charge in [-0.1, -0.05) is 12.1 Å². The molecule has 0 atom stereocenters. The third kappa shape index (κ3) is 5.74. The van der Waals surface area contributed by atoms with E-state index in [-0.39, 0.29) is 18.0 Å². The summed E-state index contributed by atoms with van der Waals surface area (Å²) in [5, 5.41) is 0. The topological polar surface area (TPSA) is 99.4 Å². The van der Waals surface area contributed by atoms with E-state index < -0.39 is 15.6 Å². The fraction of sp³-hybridized carbons (Fsp3) is 0.286. The Hall–Kier alpha value is -3.00. The SMILES string of the molecule is COc1cccc(-c2nc(CS(=O)(=O)CC(=O)CCc3cccnc3)c(C)o2)c1. The smallest absolute Gasteiger partial charge is 0.226 e. The van der Waals surface area contributed by atoms with Crippen molar-refractivity contribution in [3.63, 3.8) is 0 Å². The molecule has 0 unspecified atom stereocenters. The highest BCUT2D eigenvalue weighted by Crippen LogP contribution is 2.26. The first kappa shape index (κ1) is 20.7. The van der Waals surface area contributed by atoms with Gasteiger partial charge in [0, 0.05) is 24.4 Å². The maximum atomic E-state index is 12.5. The lowest BCUT2D eigenvalue weighted by Gasteiger charge is -2.03. The van der Waals surface area contributed by atoms with E-state index in [2.05, 4.69) is 9.97 Å². The minimum atomic E-state index is -3.65. The molecule has 0 spiro atoms. The molecule has 152 valence electrons. The van der Waals surface area contributed by atoms with Crippen LogP contribution in [0.3, 0.4) is 0 Å². The number of nitrogens with zero attached hydrogens (tertiary/aromatic N) is 2. The maximum Gasteiger partial charge on any atom is 0.226 e. The van der Waals surface area contributed by atoms with Gasteiger partial charge in [0.25, 0.3) is 0 Å². The molecule has 0 radical (unpaired) electrons. The summed E-state index contributed by atoms with van der Waals surface area (Å²) in [6, 6.07) is 10.8. The van der Waals surface area contributed by atoms with Crippen LogP contribution in [-0.4, -0.2) is 37.0 Å². The number of oxazole rings is 1. The zero-order valence-corrected chi connectivity index (χ0v) is 17.1. The number of sulfone groups is 1. The Bertz CT molecular complexity index is 1090. The van der Waals surface area contributed by atoms with Gasteiger partial charge in [-0.25, -0.2) is 13.4 Å². The van der Waals surface area contributed by atoms with Gasteiger partial charge in [0.2, 0.25) is 5.89 Å². The molecule has 0 aliphatic heterocycles. The number of aryl methyl sites for hydroxylation is 2. The molecular formula is C21H22N2O5S. The van der Waals surface area contributed by atoms with Gasteiger partial charge in [-0.05, 0) is 43.2 Å². The predicted octanol–water partition coefficient (Wildman–Crippen LogP) is 3.17. The summed E-state index contributed by atoms with van der Waals surface area (Å²) >= 11 is 0. The summed E-state index contributed by atoms with van der Waals surface area (Å²) in [5.41, 5.74) is 1.89. The number of rotatable bonds is 9. The summed E-state index contributed by atoms with van der Waals surface area (Å²) in [6.07, 6.45) is 3.93. The van der Waals surface area contributed by atoms with Gasteiger partial charge in [0.1, 0.15) is 23.0 Å². The van der Waals surface area contributed by atoms with Gasteiger partial charge >= 0.3 is 0 Å². The van der Waals surface area contributed by atoms with Crippen LogP contribution in [0.5, 0.6) is 5.75 Å². The van der Waals surface area contributed by atoms with Crippen molar-refractivity contribution < 1.29 is 22.4 Å². The van der Waals surface area contributed by atoms with Crippen LogP contribution in [0.25, 0.3) is 11.5 Å². The Morgan fingerprint density at radius 3 is 2.76 bits per heavy atom. The van der Waals surface area contributed by atoms with Crippen molar-refractivity contribution in [2.45, 2.75) is 25.5 Å². The molecule has 0 N–H and O–H groups in total. The molecule has 3 rings (SSSR count). The van der Waals surface area contributed by atoms with Crippen molar-refractivity contribution in [3.8, 4) is 17.2 Å². The zero-order valence-electron chi connectivity index (χ0n) is 16.3. The molecule has 0 saturated heterocycles. The maximum absolute atomic E-state index is 12.5. The van der Waals surface area contributed by atoms with Gasteiger partial charge in [-0.15, -0.1) is 0 Å². The van der Waals surface area contributed by atoms with Crippen molar-refractivity contribution in [1.82, 2.24) is 9.97 Å². The van der Waals surface area contributed by atoms with Crippen LogP contribution >= 0.6 is 0 Å². The molecular weight excluding hydrogens is 392 g/mol. The fourth-order valence-electron chi connectivity index (χ4n) is 2.85. The third-order valence-electron chi connectivity index (χ3n) is 4.36. The summed E-state index contributed by atoms with van der Waals surface area (Å²) in [7, 11) is -2.10. The second-order valence-corrected chi connectivity index (χ2v) is 8.75. The Balaban J connectivity index is 1.65. The molecule has 0 aliphatic rings. The van der Waals surface area contributed by atoms with Crippen molar-refractivity contribution in [2.75, 3.05) is 12.9 Å². The fourth-order valence-corrected chi connectivity index (χ4v) is 4.27. The molecule has 8 heteroatoms. The number of ketones is 1. The zero-order chi connectivity index (χ0) is 20.9. The average molecular weight is 414 g/mol. The van der Waals surface area contributed by atoms with Crippen LogP contribution in [0.2, 0.25) is 0 Å². The molecule has 2 heterocycles. The summed E-state index contributed by atoms with van der Waals surface area (Å²) in [5.74, 6) is 0.178. The Morgan fingerprint density at radius 1 is 1.21 bits per heavy atom. The number of benzene rings is 1. The number of carbonyl (C=O) groups is 1. The van der Waals surface area contributed by atoms with Crippen LogP contribution < -0.4 is 4.74 Å². The van der Waals surface area contributed by atoms with Crippen LogP contribution in [0.4, 0.5) is 0 Å². The molecule has 7 nitrogen and oxygen atoms in total. The molecule has 0 bridgehead atoms. The van der Waals surface area contributed by atoms with Crippen LogP contribution in [0.15, 0.2) is 53.2 Å². The minimum absolute atomic E-state index is 0.151. The van der Waals surface area contributed by atoms with Gasteiger partial charge in [0.15, 0.2) is 9.84 Å². The number of carbonyl (C=O) groups excluding carboxylic acids is 1. The first-order valence-electron chi connectivity index (χ1n) is 9.08. The Kier molecular flexibility index (Phi) is 6.43. The highest BCUT2D eigenvalue weighted by Gasteiger charge is 2.22. The molecule has 0 aliphatic carbocycles. The van der Waals surface area contributed by atoms with Gasteiger partial charge < -0.3 is 9.15 Å². The summed E-state index contributed by atoms with van der Waals surface area (Å²) in [4.78, 5) is 20.5. The highest BCUT2D eigenvalue weighted by molar-refractivity contribution is 7.91. The predicted molar refractivity (Wildman–Crippen MR) is 108 cm³/mol. The molecule has 2 aromatic heterocycles. The quantitative estimate of drug-likeness (QED) is 0.530. The van der Waals surface area contributed by atoms with Crippen molar-refractivity contribution in [1.29, 1.82) is 0 Å². The van der Waals surface area contributed by atoms with Crippen LogP contribution in [0.1, 0.15) is 23.4 Å². The summed E-state index contributed by atoms with van der Waals surface area (Å²) in [6.45, 7) is 1.66. The van der Waals surface area contributed by atoms with Crippen LogP contribution in [0, 0.1) is 6.92 Å². The van der Waals surface area contributed by atoms with E-state index in [1.165, 1.54) is 0 Å². The number of pyridine rings is 1. The second-order valence-electron chi connectivity index (χ2n) is 6.69. The average Bonchev–Trinajstić information content (AvgIpc) is 3.06. The van der Waals surface area contributed by atoms with Gasteiger partial charge in [-0.3, -0.25) is 9.78 Å². The van der Waals surface area contributed by atoms with E-state index in [4.69, 9.17) is 9.15 Å². The molecule has 0 fully saturated rings. The number of hydrogen-bond donors (Lipinski definition) is 0. The van der Waals surface area contributed by atoms with E-state index in [0.717, 1.165) is 5.56 Å². The Morgan fingerprint density at radius 2 is 2.03 bits per heavy atom. The highest BCUT2D eigenvalue weighted by atomic mass is 32.2. The van der Waals surface area contributed by atoms with Gasteiger partial charge in [0.05, 0.1) is 18.6 Å². The molecule has 0 saturated carbocycles. The second kappa shape index (κ2) is 9.00. The van der Waals surface area contributed by atoms with Crippen molar-refractivity contribution >= 4 is 15.6 Å². The first-order valence-corrected chi connectivity index (χ1v) is 10.9. The van der Waals surface area contributed by atoms with Crippen LogP contribution in [-0.2, 0) is 26.8 Å². The van der Waals surface area contributed by atoms with E-state index in [1.807, 2.05) is 6.07 Å². The number of methoxy groups -OCH3 is 1. The van der Waals surface area contributed by atoms with E-state index in [1.54, 1.807) is 56.8 Å². The molecule has 1 aromatic carbocycles. The summed E-state index contributed by atoms with van der Waals surface area (Å²) < 4.78 is 35.8. The number of Topliss-reactive ketones (excluding diaryl/α,β-unsaturated/α-hetero) is 1. The minimum Gasteiger partial charge on any atom is -0.497 e. The normalized spacial score (nSPS) is 11.4. The lowest BCUT2D eigenvalue weighted by atomic mass is 10.1. The first-order chi connectivity index (χ1) is 13.9. The standard InChI is InChI=1S/C21H22N2O5S/c1-15-20(23-21(28-15)17-6-3-7-19(11-17)27-2)14-29(25,26)13-18(24)9-8-16-5-4-10-22-12-16/h3-7,10-12H,8-9,13-14H2,1-2H3. The third-order valence-corrected chi connectivity index (χ3v) is 5.84. The Labute approximate surface area is 169 Å². The lowest BCUT2D eigenvalue weighted by Crippen LogP contribution is -2.18. The van der Waals surface area contributed by atoms with Gasteiger partial charge in [-0.2, -0.15) is 0 Å². The monoisotopic (exact) mass is 414 g/mol. The van der Waals surface area contributed by atoms with E-state index in [0.29, 0.717) is 35.1 Å². The van der Waals surface area contributed by atoms with Crippen molar-refractivity contribution in [3.05, 3.63) is 65.8 Å². The largest absolute Gasteiger partial charge is 0.497 e. The molecule has 29 heavy (non-hydrogen) atoms. The number of aromatic nitrogens is 2. The molecule has 0 amide bonds. The lowest BCUT2D eigenvalue weighted by molar-refractivity contribution is -0.116.